The molecule has 2 rings (SSSR count). The first kappa shape index (κ1) is 12.3. The third-order valence-corrected chi connectivity index (χ3v) is 4.47. The molecule has 0 amide bonds. The van der Waals surface area contributed by atoms with E-state index < -0.39 is 0 Å². The van der Waals surface area contributed by atoms with Crippen LogP contribution < -0.4 is 0 Å². The number of halogens is 1. The van der Waals surface area contributed by atoms with Crippen LogP contribution in [0.4, 0.5) is 0 Å². The zero-order chi connectivity index (χ0) is 12.7. The van der Waals surface area contributed by atoms with Gasteiger partial charge in [-0.25, -0.2) is 4.85 Å². The highest BCUT2D eigenvalue weighted by Crippen LogP contribution is 2.46. The molecule has 0 spiro atoms. The van der Waals surface area contributed by atoms with E-state index in [-0.39, 0.29) is 5.78 Å². The third kappa shape index (κ3) is 1.70. The molecule has 0 atom stereocenters. The predicted octanol–water partition coefficient (Wildman–Crippen LogP) is 4.69. The Hall–Kier alpha value is -1.18. The normalized spacial score (nSPS) is 16.9. The molecular formula is C13H10BrNOS. The number of nitrogens with zero attached hydrogens (tertiary/aromatic N) is 1. The van der Waals surface area contributed by atoms with Gasteiger partial charge in [0, 0.05) is 5.57 Å². The number of rotatable bonds is 0. The molecule has 0 radical (unpaired) electrons. The fourth-order valence-corrected chi connectivity index (χ4v) is 3.46. The highest BCUT2D eigenvalue weighted by Gasteiger charge is 2.34. The van der Waals surface area contributed by atoms with E-state index in [2.05, 4.69) is 20.8 Å². The van der Waals surface area contributed by atoms with Gasteiger partial charge in [0.1, 0.15) is 0 Å². The quantitative estimate of drug-likeness (QED) is 0.503. The largest absolute Gasteiger partial charge is 0.289 e. The standard InChI is InChI=1S/C13H10BrNOS/c1-6(2)9-10(7(3)15-4)8-5-17-13(14)11(8)12(9)16/h5H,1-3H3/b10-7+. The van der Waals surface area contributed by atoms with Crippen molar-refractivity contribution in [3.8, 4) is 0 Å². The zero-order valence-corrected chi connectivity index (χ0v) is 12.1. The van der Waals surface area contributed by atoms with Crippen LogP contribution in [-0.4, -0.2) is 5.78 Å². The lowest BCUT2D eigenvalue weighted by molar-refractivity contribution is 0.104. The van der Waals surface area contributed by atoms with E-state index in [1.165, 1.54) is 11.3 Å². The molecule has 0 N–H and O–H groups in total. The van der Waals surface area contributed by atoms with Gasteiger partial charge in [-0.2, -0.15) is 0 Å². The van der Waals surface area contributed by atoms with Crippen LogP contribution in [0, 0.1) is 6.57 Å². The van der Waals surface area contributed by atoms with Gasteiger partial charge in [0.2, 0.25) is 0 Å². The summed E-state index contributed by atoms with van der Waals surface area (Å²) in [6, 6.07) is 0. The molecule has 1 aromatic heterocycles. The van der Waals surface area contributed by atoms with Gasteiger partial charge in [-0.3, -0.25) is 4.79 Å². The minimum absolute atomic E-state index is 0.0334. The molecule has 1 heterocycles. The van der Waals surface area contributed by atoms with Gasteiger partial charge in [0.15, 0.2) is 11.5 Å². The highest BCUT2D eigenvalue weighted by atomic mass is 79.9. The number of allylic oxidation sites excluding steroid dienone is 4. The summed E-state index contributed by atoms with van der Waals surface area (Å²) < 4.78 is 0.851. The van der Waals surface area contributed by atoms with Crippen LogP contribution in [0.3, 0.4) is 0 Å². The van der Waals surface area contributed by atoms with E-state index in [4.69, 9.17) is 6.57 Å². The van der Waals surface area contributed by atoms with Crippen molar-refractivity contribution in [1.29, 1.82) is 0 Å². The maximum Gasteiger partial charge on any atom is 0.194 e. The van der Waals surface area contributed by atoms with Crippen LogP contribution in [-0.2, 0) is 0 Å². The van der Waals surface area contributed by atoms with E-state index in [1.807, 2.05) is 19.2 Å². The van der Waals surface area contributed by atoms with Crippen molar-refractivity contribution in [1.82, 2.24) is 0 Å². The second-order valence-corrected chi connectivity index (χ2v) is 6.27. The average Bonchev–Trinajstić information content (AvgIpc) is 2.78. The Morgan fingerprint density at radius 3 is 2.53 bits per heavy atom. The molecule has 0 saturated carbocycles. The number of hydrogen-bond acceptors (Lipinski definition) is 2. The first-order valence-electron chi connectivity index (χ1n) is 5.07. The predicted molar refractivity (Wildman–Crippen MR) is 73.9 cm³/mol. The molecule has 0 aromatic carbocycles. The van der Waals surface area contributed by atoms with Crippen molar-refractivity contribution >= 4 is 38.6 Å². The number of hydrogen-bond donors (Lipinski definition) is 0. The van der Waals surface area contributed by atoms with Gasteiger partial charge < -0.3 is 0 Å². The third-order valence-electron chi connectivity index (χ3n) is 2.75. The van der Waals surface area contributed by atoms with Crippen molar-refractivity contribution in [2.75, 3.05) is 0 Å². The molecule has 1 aliphatic carbocycles. The fourth-order valence-electron chi connectivity index (χ4n) is 2.01. The summed E-state index contributed by atoms with van der Waals surface area (Å²) in [5, 5.41) is 1.94. The summed E-state index contributed by atoms with van der Waals surface area (Å²) in [7, 11) is 0. The maximum atomic E-state index is 12.3. The Labute approximate surface area is 113 Å². The Kier molecular flexibility index (Phi) is 3.07. The summed E-state index contributed by atoms with van der Waals surface area (Å²) >= 11 is 4.90. The summed E-state index contributed by atoms with van der Waals surface area (Å²) in [6.07, 6.45) is 0. The molecule has 0 aliphatic heterocycles. The number of fused-ring (bicyclic) bond motifs is 1. The van der Waals surface area contributed by atoms with Gasteiger partial charge in [0.25, 0.3) is 0 Å². The van der Waals surface area contributed by atoms with Crippen molar-refractivity contribution < 1.29 is 4.79 Å². The molecular weight excluding hydrogens is 298 g/mol. The number of thiophene rings is 1. The molecule has 86 valence electrons. The van der Waals surface area contributed by atoms with Crippen LogP contribution in [0.1, 0.15) is 36.7 Å². The number of ketones is 1. The second kappa shape index (κ2) is 4.25. The molecule has 17 heavy (non-hydrogen) atoms. The molecule has 0 fully saturated rings. The summed E-state index contributed by atoms with van der Waals surface area (Å²) in [5.74, 6) is 0.0334. The fraction of sp³-hybridized carbons (Fsp3) is 0.231. The zero-order valence-electron chi connectivity index (χ0n) is 9.72. The van der Waals surface area contributed by atoms with Crippen LogP contribution >= 0.6 is 27.3 Å². The van der Waals surface area contributed by atoms with Gasteiger partial charge in [-0.15, -0.1) is 11.3 Å². The Bertz CT molecular complexity index is 624. The molecule has 0 bridgehead atoms. The Morgan fingerprint density at radius 1 is 1.35 bits per heavy atom. The Balaban J connectivity index is 2.87. The average molecular weight is 308 g/mol. The van der Waals surface area contributed by atoms with Crippen molar-refractivity contribution in [2.24, 2.45) is 0 Å². The van der Waals surface area contributed by atoms with Crippen molar-refractivity contribution in [3.63, 3.8) is 0 Å². The minimum atomic E-state index is 0.0334. The first-order valence-corrected chi connectivity index (χ1v) is 6.74. The van der Waals surface area contributed by atoms with E-state index >= 15 is 0 Å². The number of carbonyl (C=O) groups excluding carboxylic acids is 1. The highest BCUT2D eigenvalue weighted by molar-refractivity contribution is 9.11. The lowest BCUT2D eigenvalue weighted by atomic mass is 10.0. The van der Waals surface area contributed by atoms with E-state index in [1.54, 1.807) is 6.92 Å². The van der Waals surface area contributed by atoms with Crippen molar-refractivity contribution in [2.45, 2.75) is 20.8 Å². The first-order chi connectivity index (χ1) is 7.99. The maximum absolute atomic E-state index is 12.3. The number of Topliss-reactive ketones (excluding diaryl/α,β-unsaturated/α-hetero) is 1. The molecule has 0 unspecified atom stereocenters. The van der Waals surface area contributed by atoms with Crippen LogP contribution in [0.15, 0.2) is 26.0 Å². The van der Waals surface area contributed by atoms with Gasteiger partial charge >= 0.3 is 0 Å². The summed E-state index contributed by atoms with van der Waals surface area (Å²) in [5.41, 5.74) is 4.65. The molecule has 1 aromatic rings. The lowest BCUT2D eigenvalue weighted by Gasteiger charge is -2.04. The SMILES string of the molecule is [C-]#[N+]/C(C)=C1/C(=C(C)C)C(=O)c2c1csc2Br. The summed E-state index contributed by atoms with van der Waals surface area (Å²) in [6.45, 7) is 12.7. The second-order valence-electron chi connectivity index (χ2n) is 4.07. The van der Waals surface area contributed by atoms with Gasteiger partial charge in [-0.05, 0) is 53.2 Å². The minimum Gasteiger partial charge on any atom is -0.289 e. The lowest BCUT2D eigenvalue weighted by Crippen LogP contribution is -1.98. The molecule has 1 aliphatic rings. The van der Waals surface area contributed by atoms with Gasteiger partial charge in [0.05, 0.1) is 15.9 Å². The van der Waals surface area contributed by atoms with E-state index in [9.17, 15) is 4.79 Å². The smallest absolute Gasteiger partial charge is 0.194 e. The van der Waals surface area contributed by atoms with Crippen molar-refractivity contribution in [3.05, 3.63) is 48.6 Å². The van der Waals surface area contributed by atoms with Crippen LogP contribution in [0.2, 0.25) is 0 Å². The molecule has 4 heteroatoms. The van der Waals surface area contributed by atoms with Gasteiger partial charge in [-0.1, -0.05) is 5.57 Å². The summed E-state index contributed by atoms with van der Waals surface area (Å²) in [4.78, 5) is 15.8. The molecule has 2 nitrogen and oxygen atoms in total. The topological polar surface area (TPSA) is 21.4 Å². The number of carbonyl (C=O) groups is 1. The van der Waals surface area contributed by atoms with E-state index in [0.29, 0.717) is 16.8 Å². The van der Waals surface area contributed by atoms with E-state index in [0.717, 1.165) is 20.5 Å². The monoisotopic (exact) mass is 307 g/mol. The van der Waals surface area contributed by atoms with Crippen LogP contribution in [0.25, 0.3) is 10.4 Å². The van der Waals surface area contributed by atoms with Crippen LogP contribution in [0.5, 0.6) is 0 Å². The Morgan fingerprint density at radius 2 is 2.00 bits per heavy atom. The molecule has 0 saturated heterocycles.